The summed E-state index contributed by atoms with van der Waals surface area (Å²) in [6.45, 7) is 1.51. The molecule has 0 aromatic heterocycles. The molecule has 0 aliphatic carbocycles. The van der Waals surface area contributed by atoms with E-state index in [1.807, 2.05) is 0 Å². The predicted molar refractivity (Wildman–Crippen MR) is 58.7 cm³/mol. The van der Waals surface area contributed by atoms with Crippen molar-refractivity contribution >= 4 is 5.91 Å². The molecule has 5 heteroatoms. The molecule has 1 aromatic carbocycles. The lowest BCUT2D eigenvalue weighted by Gasteiger charge is -2.12. The summed E-state index contributed by atoms with van der Waals surface area (Å²) in [4.78, 5) is 11.7. The lowest BCUT2D eigenvalue weighted by atomic mass is 10.1. The molecular weight excluding hydrogens is 210 g/mol. The smallest absolute Gasteiger partial charge is 0.255 e. The molecule has 0 heterocycles. The molecule has 0 radical (unpaired) electrons. The summed E-state index contributed by atoms with van der Waals surface area (Å²) in [5.41, 5.74) is 0.125. The average Bonchev–Trinajstić information content (AvgIpc) is 2.29. The number of ether oxygens (including phenoxy) is 1. The first-order valence-electron chi connectivity index (χ1n) is 4.87. The summed E-state index contributed by atoms with van der Waals surface area (Å²) in [6, 6.07) is 4.29. The number of carbonyl (C=O) groups is 1. The van der Waals surface area contributed by atoms with Gasteiger partial charge in [0.25, 0.3) is 5.91 Å². The van der Waals surface area contributed by atoms with Crippen molar-refractivity contribution in [2.45, 2.75) is 13.0 Å². The summed E-state index contributed by atoms with van der Waals surface area (Å²) in [5, 5.41) is 21.0. The second-order valence-electron chi connectivity index (χ2n) is 3.41. The topological polar surface area (TPSA) is 78.8 Å². The zero-order valence-electron chi connectivity index (χ0n) is 9.23. The fourth-order valence-corrected chi connectivity index (χ4v) is 1.22. The van der Waals surface area contributed by atoms with Gasteiger partial charge in [-0.05, 0) is 19.1 Å². The molecule has 3 N–H and O–H groups in total. The summed E-state index contributed by atoms with van der Waals surface area (Å²) >= 11 is 0. The maximum absolute atomic E-state index is 11.7. The van der Waals surface area contributed by atoms with Crippen LogP contribution in [0.15, 0.2) is 18.2 Å². The van der Waals surface area contributed by atoms with E-state index >= 15 is 0 Å². The van der Waals surface area contributed by atoms with Crippen molar-refractivity contribution < 1.29 is 19.7 Å². The number of aromatic hydroxyl groups is 1. The summed E-state index contributed by atoms with van der Waals surface area (Å²) in [6.07, 6.45) is 0. The van der Waals surface area contributed by atoms with E-state index in [-0.39, 0.29) is 29.7 Å². The van der Waals surface area contributed by atoms with Gasteiger partial charge in [0.15, 0.2) is 11.5 Å². The van der Waals surface area contributed by atoms with E-state index in [1.54, 1.807) is 19.1 Å². The van der Waals surface area contributed by atoms with Gasteiger partial charge >= 0.3 is 0 Å². The molecule has 0 spiro atoms. The number of aliphatic hydroxyl groups excluding tert-OH is 1. The fraction of sp³-hybridized carbons (Fsp3) is 0.364. The molecular formula is C11H15NO4. The van der Waals surface area contributed by atoms with Crippen molar-refractivity contribution in [3.05, 3.63) is 23.8 Å². The largest absolute Gasteiger partial charge is 0.504 e. The van der Waals surface area contributed by atoms with E-state index < -0.39 is 5.91 Å². The lowest BCUT2D eigenvalue weighted by Crippen LogP contribution is -2.35. The van der Waals surface area contributed by atoms with E-state index in [0.29, 0.717) is 0 Å². The van der Waals surface area contributed by atoms with Crippen LogP contribution in [-0.4, -0.2) is 35.9 Å². The van der Waals surface area contributed by atoms with Crippen molar-refractivity contribution in [3.8, 4) is 11.5 Å². The SMILES string of the molecule is COc1cccc(C(=O)NC(C)CO)c1O. The second kappa shape index (κ2) is 5.37. The van der Waals surface area contributed by atoms with Crippen LogP contribution in [0.3, 0.4) is 0 Å². The number of phenols is 1. The Kier molecular flexibility index (Phi) is 4.13. The first-order chi connectivity index (χ1) is 7.60. The average molecular weight is 225 g/mol. The van der Waals surface area contributed by atoms with Crippen LogP contribution in [0, 0.1) is 0 Å². The minimum Gasteiger partial charge on any atom is -0.504 e. The summed E-state index contributed by atoms with van der Waals surface area (Å²) < 4.78 is 4.89. The number of amides is 1. The molecule has 0 aliphatic heterocycles. The van der Waals surface area contributed by atoms with E-state index in [1.165, 1.54) is 13.2 Å². The van der Waals surface area contributed by atoms with Gasteiger partial charge in [-0.3, -0.25) is 4.79 Å². The minimum atomic E-state index is -0.446. The van der Waals surface area contributed by atoms with Crippen LogP contribution < -0.4 is 10.1 Å². The highest BCUT2D eigenvalue weighted by Gasteiger charge is 2.15. The molecule has 0 bridgehead atoms. The maximum Gasteiger partial charge on any atom is 0.255 e. The molecule has 1 atom stereocenters. The third-order valence-corrected chi connectivity index (χ3v) is 2.11. The van der Waals surface area contributed by atoms with Crippen LogP contribution in [0.2, 0.25) is 0 Å². The van der Waals surface area contributed by atoms with Gasteiger partial charge in [0.1, 0.15) is 0 Å². The zero-order valence-corrected chi connectivity index (χ0v) is 9.23. The summed E-state index contributed by atoms with van der Waals surface area (Å²) in [7, 11) is 1.41. The monoisotopic (exact) mass is 225 g/mol. The van der Waals surface area contributed by atoms with Gasteiger partial charge in [-0.25, -0.2) is 0 Å². The molecule has 0 saturated heterocycles. The predicted octanol–water partition coefficient (Wildman–Crippen LogP) is 0.511. The molecule has 0 fully saturated rings. The molecule has 1 amide bonds. The quantitative estimate of drug-likeness (QED) is 0.697. The van der Waals surface area contributed by atoms with Crippen molar-refractivity contribution in [2.75, 3.05) is 13.7 Å². The number of hydrogen-bond acceptors (Lipinski definition) is 4. The van der Waals surface area contributed by atoms with Gasteiger partial charge < -0.3 is 20.3 Å². The normalized spacial score (nSPS) is 11.9. The van der Waals surface area contributed by atoms with Crippen molar-refractivity contribution in [1.82, 2.24) is 5.32 Å². The van der Waals surface area contributed by atoms with Gasteiger partial charge in [-0.15, -0.1) is 0 Å². The van der Waals surface area contributed by atoms with Crippen LogP contribution in [0.5, 0.6) is 11.5 Å². The minimum absolute atomic E-state index is 0.125. The van der Waals surface area contributed by atoms with E-state index in [0.717, 1.165) is 0 Å². The Balaban J connectivity index is 2.91. The number of hydrogen-bond donors (Lipinski definition) is 3. The fourth-order valence-electron chi connectivity index (χ4n) is 1.22. The third kappa shape index (κ3) is 2.64. The molecule has 5 nitrogen and oxygen atoms in total. The highest BCUT2D eigenvalue weighted by molar-refractivity contribution is 5.97. The molecule has 16 heavy (non-hydrogen) atoms. The Hall–Kier alpha value is -1.75. The number of para-hydroxylation sites is 1. The van der Waals surface area contributed by atoms with Crippen molar-refractivity contribution in [1.29, 1.82) is 0 Å². The molecule has 1 rings (SSSR count). The van der Waals surface area contributed by atoms with Gasteiger partial charge in [0, 0.05) is 6.04 Å². The molecule has 1 aromatic rings. The number of methoxy groups -OCH3 is 1. The van der Waals surface area contributed by atoms with Crippen molar-refractivity contribution in [3.63, 3.8) is 0 Å². The number of phenolic OH excluding ortho intramolecular Hbond substituents is 1. The Morgan fingerprint density at radius 1 is 1.56 bits per heavy atom. The molecule has 0 saturated carbocycles. The van der Waals surface area contributed by atoms with Crippen LogP contribution in [-0.2, 0) is 0 Å². The zero-order chi connectivity index (χ0) is 12.1. The van der Waals surface area contributed by atoms with Crippen LogP contribution in [0.25, 0.3) is 0 Å². The number of rotatable bonds is 4. The van der Waals surface area contributed by atoms with Crippen LogP contribution in [0.4, 0.5) is 0 Å². The number of aliphatic hydroxyl groups is 1. The third-order valence-electron chi connectivity index (χ3n) is 2.11. The van der Waals surface area contributed by atoms with E-state index in [9.17, 15) is 9.90 Å². The van der Waals surface area contributed by atoms with Gasteiger partial charge in [-0.1, -0.05) is 6.07 Å². The highest BCUT2D eigenvalue weighted by atomic mass is 16.5. The number of benzene rings is 1. The Bertz CT molecular complexity index is 378. The Labute approximate surface area is 93.7 Å². The molecule has 88 valence electrons. The van der Waals surface area contributed by atoms with Crippen molar-refractivity contribution in [2.24, 2.45) is 0 Å². The lowest BCUT2D eigenvalue weighted by molar-refractivity contribution is 0.0919. The molecule has 1 unspecified atom stereocenters. The van der Waals surface area contributed by atoms with Gasteiger partial charge in [0.05, 0.1) is 19.3 Å². The standard InChI is InChI=1S/C11H15NO4/c1-7(6-13)12-11(15)8-4-3-5-9(16-2)10(8)14/h3-5,7,13-14H,6H2,1-2H3,(H,12,15). The van der Waals surface area contributed by atoms with Crippen LogP contribution >= 0.6 is 0 Å². The second-order valence-corrected chi connectivity index (χ2v) is 3.41. The maximum atomic E-state index is 11.7. The van der Waals surface area contributed by atoms with Crippen LogP contribution in [0.1, 0.15) is 17.3 Å². The number of carbonyl (C=O) groups excluding carboxylic acids is 1. The Morgan fingerprint density at radius 2 is 2.25 bits per heavy atom. The van der Waals surface area contributed by atoms with Gasteiger partial charge in [0.2, 0.25) is 0 Å². The highest BCUT2D eigenvalue weighted by Crippen LogP contribution is 2.29. The Morgan fingerprint density at radius 3 is 2.81 bits per heavy atom. The van der Waals surface area contributed by atoms with Gasteiger partial charge in [-0.2, -0.15) is 0 Å². The molecule has 0 aliphatic rings. The first kappa shape index (κ1) is 12.3. The van der Waals surface area contributed by atoms with E-state index in [2.05, 4.69) is 5.32 Å². The van der Waals surface area contributed by atoms with E-state index in [4.69, 9.17) is 9.84 Å². The number of nitrogens with one attached hydrogen (secondary N) is 1. The first-order valence-corrected chi connectivity index (χ1v) is 4.87. The summed E-state index contributed by atoms with van der Waals surface area (Å²) in [5.74, 6) is -0.408.